The van der Waals surface area contributed by atoms with Gasteiger partial charge in [0.2, 0.25) is 22.8 Å². The number of rotatable bonds is 12. The van der Waals surface area contributed by atoms with Gasteiger partial charge in [-0.3, -0.25) is 24.4 Å². The minimum absolute atomic E-state index is 0.0603. The fourth-order valence-corrected chi connectivity index (χ4v) is 11.1. The van der Waals surface area contributed by atoms with E-state index in [2.05, 4.69) is 20.0 Å². The molecule has 0 unspecified atom stereocenters. The van der Waals surface area contributed by atoms with E-state index in [1.807, 2.05) is 24.2 Å². The third-order valence-electron chi connectivity index (χ3n) is 11.9. The first-order chi connectivity index (χ1) is 31.8. The number of pyridine rings is 2. The van der Waals surface area contributed by atoms with Crippen LogP contribution in [0.15, 0.2) is 63.9 Å². The van der Waals surface area contributed by atoms with Crippen molar-refractivity contribution in [2.45, 2.75) is 48.6 Å². The Morgan fingerprint density at radius 3 is 1.59 bits per heavy atom. The first-order valence-corrected chi connectivity index (χ1v) is 23.5. The molecule has 4 aliphatic heterocycles. The average molecular weight is 949 g/mol. The van der Waals surface area contributed by atoms with E-state index in [0.29, 0.717) is 122 Å². The quantitative estimate of drug-likeness (QED) is 0.0586. The highest BCUT2D eigenvalue weighted by Crippen LogP contribution is 2.43. The molecule has 0 spiro atoms. The Bertz CT molecular complexity index is 2820. The number of carboxylic acids is 1. The van der Waals surface area contributed by atoms with Gasteiger partial charge in [0.15, 0.2) is 17.7 Å². The number of nitrogens with zero attached hydrogens (tertiary/aromatic N) is 10. The predicted octanol–water partition coefficient (Wildman–Crippen LogP) is 1.80. The molecule has 66 heavy (non-hydrogen) atoms. The van der Waals surface area contributed by atoms with Gasteiger partial charge in [0, 0.05) is 96.2 Å². The summed E-state index contributed by atoms with van der Waals surface area (Å²) >= 11 is 2.95. The monoisotopic (exact) mass is 948 g/mol. The number of aliphatic imine (C=N–C) groups is 4. The van der Waals surface area contributed by atoms with Gasteiger partial charge in [0.25, 0.3) is 6.47 Å². The highest BCUT2D eigenvalue weighted by Gasteiger charge is 2.31. The van der Waals surface area contributed by atoms with Gasteiger partial charge in [-0.15, -0.1) is 23.5 Å². The van der Waals surface area contributed by atoms with Crippen molar-refractivity contribution >= 4 is 93.0 Å². The molecule has 4 aromatic rings. The number of hydrogen-bond acceptors (Lipinski definition) is 11. The molecule has 0 atom stereocenters. The molecule has 8 rings (SSSR count). The van der Waals surface area contributed by atoms with Crippen LogP contribution in [0.25, 0.3) is 21.8 Å². The maximum atomic E-state index is 15.7. The van der Waals surface area contributed by atoms with Crippen LogP contribution in [-0.4, -0.2) is 137 Å². The van der Waals surface area contributed by atoms with Crippen LogP contribution in [0.5, 0.6) is 5.75 Å². The van der Waals surface area contributed by atoms with Crippen molar-refractivity contribution in [1.82, 2.24) is 18.9 Å². The van der Waals surface area contributed by atoms with Crippen LogP contribution in [0, 0.1) is 11.6 Å². The molecule has 4 aliphatic rings. The highest BCUT2D eigenvalue weighted by molar-refractivity contribution is 8.00. The van der Waals surface area contributed by atoms with E-state index in [-0.39, 0.29) is 52.4 Å². The van der Waals surface area contributed by atoms with Gasteiger partial charge < -0.3 is 61.5 Å². The second-order valence-corrected chi connectivity index (χ2v) is 18.2. The molecule has 2 aromatic heterocycles. The average Bonchev–Trinajstić information content (AvgIpc) is 3.30. The molecule has 0 saturated carbocycles. The lowest BCUT2D eigenvalue weighted by atomic mass is 10.1. The zero-order chi connectivity index (χ0) is 46.6. The van der Waals surface area contributed by atoms with Crippen molar-refractivity contribution in [3.05, 3.63) is 62.2 Å². The minimum atomic E-state index is -1.34. The Hall–Kier alpha value is -6.56. The molecule has 350 valence electrons. The second-order valence-electron chi connectivity index (χ2n) is 15.9. The largest absolute Gasteiger partial charge is 0.477 e. The summed E-state index contributed by atoms with van der Waals surface area (Å²) in [7, 11) is 0. The van der Waals surface area contributed by atoms with Crippen LogP contribution in [0.2, 0.25) is 0 Å². The zero-order valence-corrected chi connectivity index (χ0v) is 37.6. The van der Waals surface area contributed by atoms with Crippen LogP contribution >= 0.6 is 23.5 Å². The van der Waals surface area contributed by atoms with Crippen LogP contribution in [0.3, 0.4) is 0 Å². The Labute approximate surface area is 385 Å². The van der Waals surface area contributed by atoms with Gasteiger partial charge >= 0.3 is 5.97 Å². The molecule has 20 nitrogen and oxygen atoms in total. The summed E-state index contributed by atoms with van der Waals surface area (Å²) in [5.41, 5.74) is 25.2. The lowest BCUT2D eigenvalue weighted by Gasteiger charge is -2.38. The van der Waals surface area contributed by atoms with Gasteiger partial charge in [-0.25, -0.2) is 13.6 Å². The van der Waals surface area contributed by atoms with Crippen molar-refractivity contribution < 1.29 is 28.2 Å². The summed E-state index contributed by atoms with van der Waals surface area (Å²) < 4.78 is 39.8. The molecular weight excluding hydrogens is 899 g/mol. The van der Waals surface area contributed by atoms with Gasteiger partial charge in [-0.05, 0) is 25.0 Å². The van der Waals surface area contributed by atoms with Gasteiger partial charge in [0.1, 0.15) is 17.2 Å². The number of halogens is 2. The number of aromatic nitrogens is 2. The molecule has 2 fully saturated rings. The van der Waals surface area contributed by atoms with Crippen LogP contribution in [0.4, 0.5) is 20.2 Å². The summed E-state index contributed by atoms with van der Waals surface area (Å²) in [6.07, 6.45) is 6.14. The minimum Gasteiger partial charge on any atom is -0.477 e. The second kappa shape index (κ2) is 19.9. The van der Waals surface area contributed by atoms with Crippen molar-refractivity contribution in [1.29, 1.82) is 0 Å². The number of carbonyl (C=O) groups excluding carboxylic acids is 1. The number of piperazine rings is 2. The standard InChI is InChI=1S/C42H50F2N14O6S2/c43-27-19-24-30-36(65-17-15-57(30)21-26(34(24)60)38(62)63)32(27)53-7-11-55(12-8-53)41(47)51-39(45)49-5-3-1-2-4-6-50-40(46)52-42(48)56-13-9-54(10-14-56)33-28(44)20-25-31-37(33)66-18-16-58(31)22-29(35(25)61)64-23-59/h19-23H,1-18H2,(H,62,63)(H4,45,47,49,51)(H4,46,48,50,52). The number of unbranched alkanes of at least 4 members (excludes halogenated alkanes) is 3. The summed E-state index contributed by atoms with van der Waals surface area (Å²) in [5.74, 6) is -0.733. The number of hydrogen-bond donors (Lipinski definition) is 5. The fourth-order valence-electron chi connectivity index (χ4n) is 8.68. The molecule has 0 bridgehead atoms. The van der Waals surface area contributed by atoms with Crippen LogP contribution in [-0.2, 0) is 17.9 Å². The van der Waals surface area contributed by atoms with E-state index in [9.17, 15) is 24.3 Å². The number of thioether (sulfide) groups is 2. The zero-order valence-electron chi connectivity index (χ0n) is 36.0. The molecule has 0 aliphatic carbocycles. The summed E-state index contributed by atoms with van der Waals surface area (Å²) in [6.45, 7) is 5.81. The molecule has 2 aromatic carbocycles. The molecule has 9 N–H and O–H groups in total. The van der Waals surface area contributed by atoms with E-state index in [1.165, 1.54) is 42.0 Å². The first kappa shape index (κ1) is 46.0. The topological polar surface area (TPSA) is 274 Å². The first-order valence-electron chi connectivity index (χ1n) is 21.5. The van der Waals surface area contributed by atoms with Crippen LogP contribution in [0.1, 0.15) is 36.0 Å². The third-order valence-corrected chi connectivity index (χ3v) is 14.1. The maximum Gasteiger partial charge on any atom is 0.341 e. The number of carboxylic acid groups (broad SMARTS) is 1. The van der Waals surface area contributed by atoms with E-state index in [0.717, 1.165) is 31.7 Å². The third kappa shape index (κ3) is 9.41. The number of guanidine groups is 4. The number of nitrogens with two attached hydrogens (primary N) is 4. The maximum absolute atomic E-state index is 15.7. The lowest BCUT2D eigenvalue weighted by molar-refractivity contribution is -0.120. The van der Waals surface area contributed by atoms with E-state index in [4.69, 9.17) is 27.7 Å². The Morgan fingerprint density at radius 2 is 1.14 bits per heavy atom. The fraction of sp³-hybridized carbons (Fsp3) is 0.429. The van der Waals surface area contributed by atoms with Gasteiger partial charge in [-0.1, -0.05) is 12.8 Å². The Balaban J connectivity index is 0.759. The van der Waals surface area contributed by atoms with Crippen molar-refractivity contribution in [3.63, 3.8) is 0 Å². The molecule has 0 amide bonds. The number of aromatic carboxylic acids is 1. The van der Waals surface area contributed by atoms with E-state index < -0.39 is 28.5 Å². The molecule has 24 heteroatoms. The Morgan fingerprint density at radius 1 is 0.682 bits per heavy atom. The number of benzene rings is 2. The summed E-state index contributed by atoms with van der Waals surface area (Å²) in [6, 6.07) is 2.37. The molecular formula is C42H50F2N14O6S2. The Kier molecular flexibility index (Phi) is 13.9. The van der Waals surface area contributed by atoms with Crippen LogP contribution < -0.4 is 48.3 Å². The van der Waals surface area contributed by atoms with Gasteiger partial charge in [0.05, 0.1) is 49.2 Å². The SMILES string of the molecule is NC(=NCCCCCCN=C(N)/N=C(\N)N1CCN(c2c(F)cc3c(=O)c(C(=O)O)cn4c3c2SCC4)CC1)/N=C(\N)N1CCN(c2c(F)cc3c(=O)c(OC=O)cn4c3c2SCC4)CC1. The number of carbonyl (C=O) groups is 2. The van der Waals surface area contributed by atoms with Crippen molar-refractivity contribution in [2.75, 3.05) is 86.8 Å². The van der Waals surface area contributed by atoms with E-state index >= 15 is 8.78 Å². The highest BCUT2D eigenvalue weighted by atomic mass is 32.2. The van der Waals surface area contributed by atoms with Crippen molar-refractivity contribution in [3.8, 4) is 5.75 Å². The summed E-state index contributed by atoms with van der Waals surface area (Å²) in [5, 5.41) is 9.74. The lowest BCUT2D eigenvalue weighted by Crippen LogP contribution is -2.52. The number of aryl methyl sites for hydroxylation is 2. The normalized spacial score (nSPS) is 17.2. The van der Waals surface area contributed by atoms with Crippen molar-refractivity contribution in [2.24, 2.45) is 42.9 Å². The number of ether oxygens (including phenoxy) is 1. The van der Waals surface area contributed by atoms with Gasteiger partial charge in [-0.2, -0.15) is 9.98 Å². The molecule has 0 radical (unpaired) electrons. The molecule has 2 saturated heterocycles. The smallest absolute Gasteiger partial charge is 0.341 e. The van der Waals surface area contributed by atoms with E-state index in [1.54, 1.807) is 4.57 Å². The number of anilines is 2. The molecule has 6 heterocycles. The summed E-state index contributed by atoms with van der Waals surface area (Å²) in [4.78, 5) is 74.6. The predicted molar refractivity (Wildman–Crippen MR) is 254 cm³/mol.